The molecule has 1 aromatic rings. The summed E-state index contributed by atoms with van der Waals surface area (Å²) in [6, 6.07) is 5.81. The van der Waals surface area contributed by atoms with Gasteiger partial charge in [0.1, 0.15) is 23.9 Å². The molecule has 1 aromatic carbocycles. The van der Waals surface area contributed by atoms with Crippen LogP contribution in [0.15, 0.2) is 65.1 Å². The average Bonchev–Trinajstić information content (AvgIpc) is 3.80. The number of primary sulfonamides is 1. The Morgan fingerprint density at radius 2 is 1.84 bits per heavy atom. The molecule has 3 heterocycles. The summed E-state index contributed by atoms with van der Waals surface area (Å²) in [4.78, 5) is 36.2. The molecular weight excluding hydrogens is 654 g/mol. The first-order chi connectivity index (χ1) is 23.0. The predicted octanol–water partition coefficient (Wildman–Crippen LogP) is 2.33. The third-order valence-electron chi connectivity index (χ3n) is 9.08. The lowest BCUT2D eigenvalue weighted by Gasteiger charge is -2.39. The van der Waals surface area contributed by atoms with E-state index < -0.39 is 46.0 Å². The van der Waals surface area contributed by atoms with Crippen molar-refractivity contribution >= 4 is 27.8 Å². The number of hydrogen-bond acceptors (Lipinski definition) is 10. The Morgan fingerprint density at radius 1 is 1.14 bits per heavy atom. The summed E-state index contributed by atoms with van der Waals surface area (Å²) in [6.07, 6.45) is 7.82. The van der Waals surface area contributed by atoms with Crippen LogP contribution in [-0.2, 0) is 49.9 Å². The van der Waals surface area contributed by atoms with Gasteiger partial charge in [0.25, 0.3) is 0 Å². The van der Waals surface area contributed by atoms with E-state index in [9.17, 15) is 27.9 Å². The van der Waals surface area contributed by atoms with Gasteiger partial charge in [-0.3, -0.25) is 14.4 Å². The molecule has 3 aliphatic rings. The number of amides is 2. The number of rotatable bonds is 13. The topological polar surface area (TPSA) is 196 Å². The summed E-state index contributed by atoms with van der Waals surface area (Å²) in [5.74, 6) is -0.738. The number of esters is 1. The molecule has 3 aliphatic heterocycles. The molecule has 0 aromatic heterocycles. The Labute approximate surface area is 288 Å². The lowest BCUT2D eigenvalue weighted by molar-refractivity contribution is -0.145. The summed E-state index contributed by atoms with van der Waals surface area (Å²) in [7, 11) is -3.79. The van der Waals surface area contributed by atoms with Crippen molar-refractivity contribution in [3.8, 4) is 0 Å². The normalized spacial score (nSPS) is 31.1. The van der Waals surface area contributed by atoms with Gasteiger partial charge in [-0.1, -0.05) is 42.9 Å². The van der Waals surface area contributed by atoms with Crippen molar-refractivity contribution in [3.05, 3.63) is 65.8 Å². The maximum Gasteiger partial charge on any atom is 0.303 e. The first-order valence-corrected chi connectivity index (χ1v) is 18.1. The fourth-order valence-corrected chi connectivity index (χ4v) is 6.68. The third kappa shape index (κ3) is 11.3. The van der Waals surface area contributed by atoms with Crippen LogP contribution in [0.1, 0.15) is 65.9 Å². The molecule has 0 radical (unpaired) electrons. The van der Waals surface area contributed by atoms with Gasteiger partial charge in [0.15, 0.2) is 0 Å². The molecule has 1 unspecified atom stereocenters. The molecule has 9 atom stereocenters. The molecule has 0 bridgehead atoms. The number of epoxide rings is 1. The molecular formula is C35H49N3O10S. The van der Waals surface area contributed by atoms with Crippen LogP contribution in [0.3, 0.4) is 0 Å². The van der Waals surface area contributed by atoms with Crippen LogP contribution in [0.5, 0.6) is 0 Å². The second kappa shape index (κ2) is 16.5. The SMILES string of the molecule is CC(=O)OC(C)C=CC(=O)N[C@@H]1C[C@H](C)[C@H](CC=C(C)C=C[C@H]2O[C@H](CC(=O)NCc3ccc(S(N)(=O)=O)cc3)C[C@@]3(CO3)[C@@H]2O)O[C@@H]1C. The molecule has 2 amide bonds. The Hall–Kier alpha value is -3.40. The summed E-state index contributed by atoms with van der Waals surface area (Å²) in [5.41, 5.74) is 0.945. The molecule has 3 saturated heterocycles. The first kappa shape index (κ1) is 38.4. The maximum atomic E-state index is 12.8. The number of aliphatic hydroxyl groups is 1. The van der Waals surface area contributed by atoms with Crippen molar-refractivity contribution in [3.63, 3.8) is 0 Å². The van der Waals surface area contributed by atoms with E-state index in [4.69, 9.17) is 24.1 Å². The molecule has 49 heavy (non-hydrogen) atoms. The molecule has 0 aliphatic carbocycles. The van der Waals surface area contributed by atoms with Crippen molar-refractivity contribution in [1.82, 2.24) is 10.6 Å². The van der Waals surface area contributed by atoms with Crippen LogP contribution in [0.4, 0.5) is 0 Å². The van der Waals surface area contributed by atoms with Gasteiger partial charge >= 0.3 is 5.97 Å². The minimum absolute atomic E-state index is 0.00218. The van der Waals surface area contributed by atoms with Gasteiger partial charge in [-0.15, -0.1) is 0 Å². The van der Waals surface area contributed by atoms with Crippen molar-refractivity contribution in [2.75, 3.05) is 6.61 Å². The quantitative estimate of drug-likeness (QED) is 0.102. The second-order valence-corrected chi connectivity index (χ2v) is 14.9. The Morgan fingerprint density at radius 3 is 2.47 bits per heavy atom. The highest BCUT2D eigenvalue weighted by Crippen LogP contribution is 2.43. The second-order valence-electron chi connectivity index (χ2n) is 13.3. The summed E-state index contributed by atoms with van der Waals surface area (Å²) >= 11 is 0. The van der Waals surface area contributed by atoms with Crippen molar-refractivity contribution in [2.45, 2.75) is 120 Å². The summed E-state index contributed by atoms with van der Waals surface area (Å²) in [6.45, 7) is 9.59. The number of aliphatic hydroxyl groups excluding tert-OH is 1. The average molecular weight is 704 g/mol. The molecule has 13 nitrogen and oxygen atoms in total. The number of carbonyl (C=O) groups excluding carboxylic acids is 3. The van der Waals surface area contributed by atoms with Crippen LogP contribution in [0.2, 0.25) is 0 Å². The van der Waals surface area contributed by atoms with Crippen molar-refractivity contribution in [2.24, 2.45) is 11.1 Å². The summed E-state index contributed by atoms with van der Waals surface area (Å²) < 4.78 is 46.0. The lowest BCUT2D eigenvalue weighted by Crippen LogP contribution is -2.50. The van der Waals surface area contributed by atoms with E-state index in [1.165, 1.54) is 31.2 Å². The Balaban J connectivity index is 1.25. The predicted molar refractivity (Wildman–Crippen MR) is 180 cm³/mol. The smallest absolute Gasteiger partial charge is 0.303 e. The highest BCUT2D eigenvalue weighted by Gasteiger charge is 2.58. The number of nitrogens with two attached hydrogens (primary N) is 1. The number of hydrogen-bond donors (Lipinski definition) is 4. The highest BCUT2D eigenvalue weighted by molar-refractivity contribution is 7.89. The number of nitrogens with one attached hydrogen (secondary N) is 2. The summed E-state index contributed by atoms with van der Waals surface area (Å²) in [5, 5.41) is 21.9. The molecule has 1 spiro atoms. The fourth-order valence-electron chi connectivity index (χ4n) is 6.16. The standard InChI is InChI=1S/C35H49N3O10S/c1-21(6-13-30-22(2)16-29(24(4)47-30)38-32(40)15-8-23(3)46-25(5)39)7-14-31-34(42)35(20-45-35)18-27(48-31)17-33(41)37-19-26-9-11-28(12-10-26)49(36,43)44/h6-12,14-15,22-24,27,29-31,34,42H,13,16-20H2,1-5H3,(H,37,41)(H,38,40)(H2,36,43,44)/t22-,23?,24+,27+,29+,30-,31+,34+,35+/m0/s1. The van der Waals surface area contributed by atoms with Gasteiger partial charge in [-0.2, -0.15) is 0 Å². The van der Waals surface area contributed by atoms with Crippen LogP contribution in [0, 0.1) is 5.92 Å². The zero-order valence-corrected chi connectivity index (χ0v) is 29.5. The number of carbonyl (C=O) groups is 3. The van der Waals surface area contributed by atoms with Crippen LogP contribution < -0.4 is 15.8 Å². The minimum Gasteiger partial charge on any atom is -0.459 e. The van der Waals surface area contributed by atoms with Crippen molar-refractivity contribution < 1.29 is 46.9 Å². The van der Waals surface area contributed by atoms with E-state index in [-0.39, 0.29) is 53.8 Å². The van der Waals surface area contributed by atoms with Crippen molar-refractivity contribution in [1.29, 1.82) is 0 Å². The maximum absolute atomic E-state index is 12.8. The van der Waals surface area contributed by atoms with E-state index in [2.05, 4.69) is 23.6 Å². The van der Waals surface area contributed by atoms with Gasteiger partial charge < -0.3 is 34.7 Å². The Bertz CT molecular complexity index is 1540. The molecule has 3 fully saturated rings. The largest absolute Gasteiger partial charge is 0.459 e. The van der Waals surface area contributed by atoms with Gasteiger partial charge in [0, 0.05) is 26.0 Å². The monoisotopic (exact) mass is 703 g/mol. The first-order valence-electron chi connectivity index (χ1n) is 16.6. The highest BCUT2D eigenvalue weighted by atomic mass is 32.2. The minimum atomic E-state index is -3.79. The number of ether oxygens (including phenoxy) is 4. The lowest BCUT2D eigenvalue weighted by atomic mass is 9.87. The van der Waals surface area contributed by atoms with E-state index >= 15 is 0 Å². The molecule has 0 saturated carbocycles. The van der Waals surface area contributed by atoms with Gasteiger partial charge in [0.2, 0.25) is 21.8 Å². The number of benzene rings is 1. The van der Waals surface area contributed by atoms with E-state index in [0.29, 0.717) is 19.4 Å². The molecule has 4 rings (SSSR count). The Kier molecular flexibility index (Phi) is 13.0. The zero-order chi connectivity index (χ0) is 35.9. The van der Waals surface area contributed by atoms with Crippen LogP contribution in [-0.4, -0.2) is 86.2 Å². The van der Waals surface area contributed by atoms with Gasteiger partial charge in [-0.05, 0) is 63.3 Å². The fraction of sp³-hybridized carbons (Fsp3) is 0.571. The number of sulfonamides is 1. The molecule has 5 N–H and O–H groups in total. The van der Waals surface area contributed by atoms with Crippen LogP contribution in [0.25, 0.3) is 0 Å². The zero-order valence-electron chi connectivity index (χ0n) is 28.7. The molecule has 270 valence electrons. The third-order valence-corrected chi connectivity index (χ3v) is 10.0. The van der Waals surface area contributed by atoms with Crippen LogP contribution >= 0.6 is 0 Å². The van der Waals surface area contributed by atoms with E-state index in [1.54, 1.807) is 25.1 Å². The van der Waals surface area contributed by atoms with E-state index in [1.807, 2.05) is 19.9 Å². The van der Waals surface area contributed by atoms with Gasteiger partial charge in [-0.25, -0.2) is 13.6 Å². The van der Waals surface area contributed by atoms with E-state index in [0.717, 1.165) is 17.6 Å². The number of allylic oxidation sites excluding steroid dienone is 2. The van der Waals surface area contributed by atoms with Gasteiger partial charge in [0.05, 0.1) is 42.3 Å². The molecule has 14 heteroatoms.